The summed E-state index contributed by atoms with van der Waals surface area (Å²) in [4.78, 5) is 19.3. The fraction of sp³-hybridized carbons (Fsp3) is 0.400. The van der Waals surface area contributed by atoms with Crippen LogP contribution in [-0.4, -0.2) is 28.4 Å². The molecule has 2 N–H and O–H groups in total. The summed E-state index contributed by atoms with van der Waals surface area (Å²) in [6.45, 7) is 0.751. The largest absolute Gasteiger partial charge is 0.334 e. The minimum Gasteiger partial charge on any atom is -0.334 e. The standard InChI is InChI=1S/C20H23FN4O/c21-16-8-2-1-7-15(16)17-12-18(24-23-17)20(26)25-11-4-3-9-19(25)14-6-5-10-22-13-14/h1-2,5-8,10,13,17-19,23-24H,3-4,9,11-12H2. The number of hydrogen-bond acceptors (Lipinski definition) is 4. The third-order valence-corrected chi connectivity index (χ3v) is 5.34. The van der Waals surface area contributed by atoms with Crippen LogP contribution in [0, 0.1) is 5.82 Å². The van der Waals surface area contributed by atoms with E-state index >= 15 is 0 Å². The Kier molecular flexibility index (Phi) is 4.95. The number of aromatic nitrogens is 1. The van der Waals surface area contributed by atoms with Crippen LogP contribution in [0.3, 0.4) is 0 Å². The zero-order valence-electron chi connectivity index (χ0n) is 14.6. The summed E-state index contributed by atoms with van der Waals surface area (Å²) in [6, 6.07) is 10.2. The van der Waals surface area contributed by atoms with Crippen LogP contribution in [-0.2, 0) is 4.79 Å². The van der Waals surface area contributed by atoms with Gasteiger partial charge in [-0.1, -0.05) is 24.3 Å². The lowest BCUT2D eigenvalue weighted by atomic mass is 9.94. The van der Waals surface area contributed by atoms with Crippen LogP contribution in [0.5, 0.6) is 0 Å². The summed E-state index contributed by atoms with van der Waals surface area (Å²) in [6.07, 6.45) is 7.21. The summed E-state index contributed by atoms with van der Waals surface area (Å²) in [5.41, 5.74) is 7.84. The van der Waals surface area contributed by atoms with Gasteiger partial charge in [-0.25, -0.2) is 15.2 Å². The van der Waals surface area contributed by atoms with E-state index in [9.17, 15) is 9.18 Å². The Labute approximate surface area is 152 Å². The first kappa shape index (κ1) is 17.1. The van der Waals surface area contributed by atoms with Gasteiger partial charge in [-0.05, 0) is 43.4 Å². The Morgan fingerprint density at radius 2 is 2.04 bits per heavy atom. The lowest BCUT2D eigenvalue weighted by Gasteiger charge is -2.37. The van der Waals surface area contributed by atoms with Crippen molar-refractivity contribution < 1.29 is 9.18 Å². The first-order chi connectivity index (χ1) is 12.7. The van der Waals surface area contributed by atoms with E-state index in [-0.39, 0.29) is 29.8 Å². The van der Waals surface area contributed by atoms with Gasteiger partial charge in [0.25, 0.3) is 0 Å². The summed E-state index contributed by atoms with van der Waals surface area (Å²) in [7, 11) is 0. The Balaban J connectivity index is 1.49. The lowest BCUT2D eigenvalue weighted by Crippen LogP contribution is -2.48. The highest BCUT2D eigenvalue weighted by atomic mass is 19.1. The number of pyridine rings is 1. The third-order valence-electron chi connectivity index (χ3n) is 5.34. The maximum atomic E-state index is 14.0. The van der Waals surface area contributed by atoms with E-state index in [1.807, 2.05) is 29.3 Å². The molecule has 26 heavy (non-hydrogen) atoms. The molecule has 5 nitrogen and oxygen atoms in total. The van der Waals surface area contributed by atoms with Crippen molar-refractivity contribution in [3.63, 3.8) is 0 Å². The minimum absolute atomic E-state index is 0.0688. The van der Waals surface area contributed by atoms with Gasteiger partial charge in [-0.15, -0.1) is 0 Å². The Bertz CT molecular complexity index is 769. The normalized spacial score (nSPS) is 26.0. The van der Waals surface area contributed by atoms with Gasteiger partial charge in [0.2, 0.25) is 5.91 Å². The number of carbonyl (C=O) groups is 1. The SMILES string of the molecule is O=C(C1CC(c2ccccc2F)NN1)N1CCCCC1c1cccnc1. The molecule has 136 valence electrons. The molecule has 1 amide bonds. The van der Waals surface area contributed by atoms with Crippen LogP contribution in [0.15, 0.2) is 48.8 Å². The average molecular weight is 354 g/mol. The van der Waals surface area contributed by atoms with E-state index in [0.29, 0.717) is 12.0 Å². The summed E-state index contributed by atoms with van der Waals surface area (Å²) < 4.78 is 14.0. The molecule has 6 heteroatoms. The smallest absolute Gasteiger partial charge is 0.241 e. The van der Waals surface area contributed by atoms with E-state index in [0.717, 1.165) is 31.4 Å². The molecule has 0 saturated carbocycles. The zero-order valence-corrected chi connectivity index (χ0v) is 14.6. The van der Waals surface area contributed by atoms with Gasteiger partial charge in [0.1, 0.15) is 11.9 Å². The quantitative estimate of drug-likeness (QED) is 0.890. The first-order valence-electron chi connectivity index (χ1n) is 9.20. The summed E-state index contributed by atoms with van der Waals surface area (Å²) in [5.74, 6) is -0.170. The van der Waals surface area contributed by atoms with Crippen LogP contribution in [0.25, 0.3) is 0 Å². The number of nitrogens with one attached hydrogen (secondary N) is 2. The van der Waals surface area contributed by atoms with Gasteiger partial charge in [-0.2, -0.15) is 0 Å². The predicted molar refractivity (Wildman–Crippen MR) is 96.4 cm³/mol. The molecule has 2 saturated heterocycles. The molecular weight excluding hydrogens is 331 g/mol. The fourth-order valence-corrected chi connectivity index (χ4v) is 3.99. The molecule has 1 aromatic heterocycles. The first-order valence-corrected chi connectivity index (χ1v) is 9.20. The highest BCUT2D eigenvalue weighted by molar-refractivity contribution is 5.82. The maximum absolute atomic E-state index is 14.0. The molecule has 2 aromatic rings. The number of rotatable bonds is 3. The number of halogens is 1. The third kappa shape index (κ3) is 3.34. The number of nitrogens with zero attached hydrogens (tertiary/aromatic N) is 2. The molecule has 2 aliphatic rings. The Morgan fingerprint density at radius 3 is 2.85 bits per heavy atom. The van der Waals surface area contributed by atoms with Crippen LogP contribution in [0.2, 0.25) is 0 Å². The van der Waals surface area contributed by atoms with E-state index < -0.39 is 0 Å². The molecular formula is C20H23FN4O. The second-order valence-corrected chi connectivity index (χ2v) is 6.98. The van der Waals surface area contributed by atoms with Crippen molar-refractivity contribution in [3.05, 3.63) is 65.7 Å². The number of carbonyl (C=O) groups excluding carboxylic acids is 1. The number of piperidine rings is 1. The van der Waals surface area contributed by atoms with Crippen LogP contribution < -0.4 is 10.9 Å². The van der Waals surface area contributed by atoms with Crippen molar-refractivity contribution in [1.29, 1.82) is 0 Å². The number of likely N-dealkylation sites (tertiary alicyclic amines) is 1. The Hall–Kier alpha value is -2.31. The van der Waals surface area contributed by atoms with Crippen LogP contribution in [0.1, 0.15) is 48.9 Å². The molecule has 3 heterocycles. The molecule has 3 unspecified atom stereocenters. The molecule has 1 aromatic carbocycles. The van der Waals surface area contributed by atoms with Crippen LogP contribution in [0.4, 0.5) is 4.39 Å². The van der Waals surface area contributed by atoms with Gasteiger partial charge >= 0.3 is 0 Å². The topological polar surface area (TPSA) is 57.3 Å². The van der Waals surface area contributed by atoms with Crippen molar-refractivity contribution in [2.45, 2.75) is 43.8 Å². The van der Waals surface area contributed by atoms with Crippen molar-refractivity contribution in [2.24, 2.45) is 0 Å². The van der Waals surface area contributed by atoms with Gasteiger partial charge in [0.05, 0.1) is 12.1 Å². The molecule has 2 fully saturated rings. The number of hydrogen-bond donors (Lipinski definition) is 2. The summed E-state index contributed by atoms with van der Waals surface area (Å²) >= 11 is 0. The highest BCUT2D eigenvalue weighted by Gasteiger charge is 2.37. The highest BCUT2D eigenvalue weighted by Crippen LogP contribution is 2.33. The summed E-state index contributed by atoms with van der Waals surface area (Å²) in [5, 5.41) is 0. The van der Waals surface area contributed by atoms with E-state index in [4.69, 9.17) is 0 Å². The lowest BCUT2D eigenvalue weighted by molar-refractivity contribution is -0.137. The molecule has 0 radical (unpaired) electrons. The Morgan fingerprint density at radius 1 is 1.15 bits per heavy atom. The van der Waals surface area contributed by atoms with E-state index in [1.54, 1.807) is 18.3 Å². The predicted octanol–water partition coefficient (Wildman–Crippen LogP) is 2.88. The monoisotopic (exact) mass is 354 g/mol. The van der Waals surface area contributed by atoms with Gasteiger partial charge in [0, 0.05) is 24.5 Å². The van der Waals surface area contributed by atoms with Crippen molar-refractivity contribution >= 4 is 5.91 Å². The number of benzene rings is 1. The fourth-order valence-electron chi connectivity index (χ4n) is 3.99. The molecule has 0 aliphatic carbocycles. The molecule has 0 spiro atoms. The van der Waals surface area contributed by atoms with Crippen molar-refractivity contribution in [2.75, 3.05) is 6.54 Å². The second kappa shape index (κ2) is 7.51. The maximum Gasteiger partial charge on any atom is 0.241 e. The van der Waals surface area contributed by atoms with Gasteiger partial charge in [-0.3, -0.25) is 9.78 Å². The van der Waals surface area contributed by atoms with Gasteiger partial charge in [0.15, 0.2) is 0 Å². The number of amides is 1. The van der Waals surface area contributed by atoms with Crippen LogP contribution >= 0.6 is 0 Å². The number of hydrazine groups is 1. The molecule has 3 atom stereocenters. The molecule has 2 aliphatic heterocycles. The van der Waals surface area contributed by atoms with Crippen molar-refractivity contribution in [3.8, 4) is 0 Å². The zero-order chi connectivity index (χ0) is 17.9. The molecule has 0 bridgehead atoms. The van der Waals surface area contributed by atoms with E-state index in [1.165, 1.54) is 6.07 Å². The molecule has 4 rings (SSSR count). The average Bonchev–Trinajstić information content (AvgIpc) is 3.18. The van der Waals surface area contributed by atoms with E-state index in [2.05, 4.69) is 15.8 Å². The van der Waals surface area contributed by atoms with Gasteiger partial charge < -0.3 is 4.90 Å². The van der Waals surface area contributed by atoms with Crippen molar-refractivity contribution in [1.82, 2.24) is 20.7 Å². The second-order valence-electron chi connectivity index (χ2n) is 6.98. The minimum atomic E-state index is -0.350.